The van der Waals surface area contributed by atoms with Gasteiger partial charge < -0.3 is 0 Å². The average molecular weight is 283 g/mol. The van der Waals surface area contributed by atoms with Gasteiger partial charge in [0.2, 0.25) is 0 Å². The lowest BCUT2D eigenvalue weighted by molar-refractivity contribution is 1.25. The molecule has 0 aliphatic carbocycles. The van der Waals surface area contributed by atoms with E-state index in [1.807, 2.05) is 48.9 Å². The molecule has 0 aliphatic heterocycles. The molecule has 104 valence electrons. The first-order chi connectivity index (χ1) is 10.9. The van der Waals surface area contributed by atoms with Gasteiger partial charge in [0.05, 0.1) is 11.4 Å². The standard InChI is InChI=1S/C19H13N3/c1-2-9-21-18(3-1)19-7-6-16(13-22-19)15-5-4-14-8-10-20-12-17(14)11-15/h1-13H. The summed E-state index contributed by atoms with van der Waals surface area (Å²) in [7, 11) is 0. The van der Waals surface area contributed by atoms with E-state index in [1.165, 1.54) is 5.39 Å². The molecule has 0 spiro atoms. The first-order valence-corrected chi connectivity index (χ1v) is 7.12. The van der Waals surface area contributed by atoms with Crippen molar-refractivity contribution in [1.82, 2.24) is 15.0 Å². The molecular weight excluding hydrogens is 270 g/mol. The predicted molar refractivity (Wildman–Crippen MR) is 88.2 cm³/mol. The zero-order valence-electron chi connectivity index (χ0n) is 11.8. The van der Waals surface area contributed by atoms with Crippen LogP contribution in [-0.4, -0.2) is 15.0 Å². The number of hydrogen-bond acceptors (Lipinski definition) is 3. The molecule has 0 amide bonds. The molecule has 4 aromatic rings. The largest absolute Gasteiger partial charge is 0.264 e. The lowest BCUT2D eigenvalue weighted by Crippen LogP contribution is -1.87. The molecule has 3 aromatic heterocycles. The van der Waals surface area contributed by atoms with Crippen molar-refractivity contribution in [2.75, 3.05) is 0 Å². The molecule has 0 N–H and O–H groups in total. The van der Waals surface area contributed by atoms with Gasteiger partial charge in [-0.2, -0.15) is 0 Å². The minimum atomic E-state index is 0.881. The highest BCUT2D eigenvalue weighted by molar-refractivity contribution is 5.86. The molecule has 0 radical (unpaired) electrons. The van der Waals surface area contributed by atoms with Gasteiger partial charge in [0.1, 0.15) is 0 Å². The van der Waals surface area contributed by atoms with E-state index in [-0.39, 0.29) is 0 Å². The highest BCUT2D eigenvalue weighted by Gasteiger charge is 2.03. The van der Waals surface area contributed by atoms with E-state index in [9.17, 15) is 0 Å². The van der Waals surface area contributed by atoms with E-state index < -0.39 is 0 Å². The molecule has 3 heterocycles. The summed E-state index contributed by atoms with van der Waals surface area (Å²) >= 11 is 0. The highest BCUT2D eigenvalue weighted by Crippen LogP contribution is 2.24. The van der Waals surface area contributed by atoms with E-state index in [2.05, 4.69) is 39.2 Å². The Kier molecular flexibility index (Phi) is 3.09. The summed E-state index contributed by atoms with van der Waals surface area (Å²) in [6, 6.07) is 18.3. The monoisotopic (exact) mass is 283 g/mol. The number of aromatic nitrogens is 3. The molecule has 1 aromatic carbocycles. The quantitative estimate of drug-likeness (QED) is 0.548. The molecule has 0 atom stereocenters. The molecule has 0 unspecified atom stereocenters. The van der Waals surface area contributed by atoms with E-state index in [0.717, 1.165) is 27.9 Å². The first-order valence-electron chi connectivity index (χ1n) is 7.12. The summed E-state index contributed by atoms with van der Waals surface area (Å²) in [4.78, 5) is 13.0. The summed E-state index contributed by atoms with van der Waals surface area (Å²) < 4.78 is 0. The smallest absolute Gasteiger partial charge is 0.0886 e. The number of benzene rings is 1. The van der Waals surface area contributed by atoms with Crippen LogP contribution in [0.5, 0.6) is 0 Å². The zero-order chi connectivity index (χ0) is 14.8. The van der Waals surface area contributed by atoms with Gasteiger partial charge >= 0.3 is 0 Å². The normalized spacial score (nSPS) is 10.7. The highest BCUT2D eigenvalue weighted by atomic mass is 14.8. The SMILES string of the molecule is c1ccc(-c2ccc(-c3ccc4ccncc4c3)cn2)nc1. The van der Waals surface area contributed by atoms with Crippen LogP contribution in [0, 0.1) is 0 Å². The van der Waals surface area contributed by atoms with Crippen LogP contribution in [0.1, 0.15) is 0 Å². The van der Waals surface area contributed by atoms with Crippen LogP contribution in [0.15, 0.2) is 79.4 Å². The second kappa shape index (κ2) is 5.37. The maximum Gasteiger partial charge on any atom is 0.0886 e. The van der Waals surface area contributed by atoms with Crippen LogP contribution < -0.4 is 0 Å². The van der Waals surface area contributed by atoms with Crippen LogP contribution >= 0.6 is 0 Å². The molecule has 0 fully saturated rings. The number of pyridine rings is 3. The molecule has 4 rings (SSSR count). The minimum Gasteiger partial charge on any atom is -0.264 e. The van der Waals surface area contributed by atoms with Crippen molar-refractivity contribution >= 4 is 10.8 Å². The molecular formula is C19H13N3. The number of nitrogens with zero attached hydrogens (tertiary/aromatic N) is 3. The van der Waals surface area contributed by atoms with E-state index in [0.29, 0.717) is 0 Å². The number of fused-ring (bicyclic) bond motifs is 1. The fourth-order valence-electron chi connectivity index (χ4n) is 2.49. The van der Waals surface area contributed by atoms with Gasteiger partial charge in [0.25, 0.3) is 0 Å². The fourth-order valence-corrected chi connectivity index (χ4v) is 2.49. The Morgan fingerprint density at radius 2 is 1.50 bits per heavy atom. The summed E-state index contributed by atoms with van der Waals surface area (Å²) in [5.41, 5.74) is 3.99. The van der Waals surface area contributed by atoms with Gasteiger partial charge in [-0.3, -0.25) is 15.0 Å². The third-order valence-electron chi connectivity index (χ3n) is 3.66. The van der Waals surface area contributed by atoms with Gasteiger partial charge in [-0.15, -0.1) is 0 Å². The van der Waals surface area contributed by atoms with Crippen molar-refractivity contribution in [2.45, 2.75) is 0 Å². The van der Waals surface area contributed by atoms with Crippen molar-refractivity contribution in [3.8, 4) is 22.5 Å². The topological polar surface area (TPSA) is 38.7 Å². The van der Waals surface area contributed by atoms with Crippen LogP contribution in [0.3, 0.4) is 0 Å². The van der Waals surface area contributed by atoms with Gasteiger partial charge in [-0.25, -0.2) is 0 Å². The van der Waals surface area contributed by atoms with Crippen molar-refractivity contribution in [1.29, 1.82) is 0 Å². The average Bonchev–Trinajstić information content (AvgIpc) is 2.62. The molecule has 3 heteroatoms. The van der Waals surface area contributed by atoms with E-state index in [1.54, 1.807) is 6.20 Å². The molecule has 22 heavy (non-hydrogen) atoms. The Balaban J connectivity index is 1.73. The maximum atomic E-state index is 4.53. The third-order valence-corrected chi connectivity index (χ3v) is 3.66. The lowest BCUT2D eigenvalue weighted by atomic mass is 10.0. The Hall–Kier alpha value is -3.07. The summed E-state index contributed by atoms with van der Waals surface area (Å²) in [5, 5.41) is 2.32. The summed E-state index contributed by atoms with van der Waals surface area (Å²) in [5.74, 6) is 0. The second-order valence-electron chi connectivity index (χ2n) is 5.08. The first kappa shape index (κ1) is 12.7. The van der Waals surface area contributed by atoms with Crippen molar-refractivity contribution in [3.63, 3.8) is 0 Å². The van der Waals surface area contributed by atoms with Gasteiger partial charge in [-0.1, -0.05) is 24.3 Å². The predicted octanol–water partition coefficient (Wildman–Crippen LogP) is 4.36. The molecule has 0 aliphatic rings. The minimum absolute atomic E-state index is 0.881. The van der Waals surface area contributed by atoms with Crippen LogP contribution in [0.4, 0.5) is 0 Å². The number of rotatable bonds is 2. The molecule has 0 saturated heterocycles. The Labute approximate surface area is 128 Å². The second-order valence-corrected chi connectivity index (χ2v) is 5.08. The zero-order valence-corrected chi connectivity index (χ0v) is 11.8. The fraction of sp³-hybridized carbons (Fsp3) is 0. The third kappa shape index (κ3) is 2.33. The van der Waals surface area contributed by atoms with Crippen LogP contribution in [0.2, 0.25) is 0 Å². The van der Waals surface area contributed by atoms with Crippen molar-refractivity contribution < 1.29 is 0 Å². The van der Waals surface area contributed by atoms with E-state index >= 15 is 0 Å². The summed E-state index contributed by atoms with van der Waals surface area (Å²) in [6.45, 7) is 0. The molecule has 3 nitrogen and oxygen atoms in total. The molecule has 0 saturated carbocycles. The van der Waals surface area contributed by atoms with Crippen molar-refractivity contribution in [3.05, 3.63) is 79.4 Å². The summed E-state index contributed by atoms with van der Waals surface area (Å²) in [6.07, 6.45) is 7.36. The maximum absolute atomic E-state index is 4.53. The van der Waals surface area contributed by atoms with Gasteiger partial charge in [-0.05, 0) is 41.3 Å². The Bertz CT molecular complexity index is 916. The Morgan fingerprint density at radius 3 is 2.32 bits per heavy atom. The lowest BCUT2D eigenvalue weighted by Gasteiger charge is -2.05. The van der Waals surface area contributed by atoms with Crippen LogP contribution in [0.25, 0.3) is 33.3 Å². The van der Waals surface area contributed by atoms with Crippen LogP contribution in [-0.2, 0) is 0 Å². The number of hydrogen-bond donors (Lipinski definition) is 0. The van der Waals surface area contributed by atoms with Gasteiger partial charge in [0.15, 0.2) is 0 Å². The molecule has 0 bridgehead atoms. The van der Waals surface area contributed by atoms with Gasteiger partial charge in [0, 0.05) is 35.7 Å². The van der Waals surface area contributed by atoms with Crippen molar-refractivity contribution in [2.24, 2.45) is 0 Å². The Morgan fingerprint density at radius 1 is 0.591 bits per heavy atom. The van der Waals surface area contributed by atoms with E-state index in [4.69, 9.17) is 0 Å².